The number of anilines is 1. The zero-order valence-corrected chi connectivity index (χ0v) is 20.0. The lowest BCUT2D eigenvalue weighted by molar-refractivity contribution is 0.0741. The van der Waals surface area contributed by atoms with E-state index >= 15 is 0 Å². The zero-order chi connectivity index (χ0) is 23.7. The first kappa shape index (κ1) is 24.6. The number of benzene rings is 3. The molecule has 0 aliphatic carbocycles. The van der Waals surface area contributed by atoms with Crippen LogP contribution in [0, 0.1) is 0 Å². The quantitative estimate of drug-likeness (QED) is 0.413. The molecule has 3 rings (SSSR count). The Bertz CT molecular complexity index is 985. The number of nitrogens with zero attached hydrogens (tertiary/aromatic N) is 1. The van der Waals surface area contributed by atoms with Gasteiger partial charge in [-0.15, -0.1) is 0 Å². The minimum absolute atomic E-state index is 0.417. The van der Waals surface area contributed by atoms with Crippen LogP contribution in [0.5, 0.6) is 11.5 Å². The normalized spacial score (nSPS) is 11.3. The predicted octanol–water partition coefficient (Wildman–Crippen LogP) is 4.90. The van der Waals surface area contributed by atoms with Crippen LogP contribution in [0.4, 0.5) is 5.69 Å². The number of aliphatic hydroxyl groups is 1. The van der Waals surface area contributed by atoms with Crippen molar-refractivity contribution in [2.75, 3.05) is 31.6 Å². The van der Waals surface area contributed by atoms with E-state index in [1.807, 2.05) is 48.5 Å². The van der Waals surface area contributed by atoms with E-state index in [0.29, 0.717) is 36.8 Å². The fraction of sp³-hybridized carbons (Fsp3) is 0.357. The summed E-state index contributed by atoms with van der Waals surface area (Å²) in [7, 11) is 1.65. The summed E-state index contributed by atoms with van der Waals surface area (Å²) in [6.45, 7) is 6.00. The largest absolute Gasteiger partial charge is 0.495 e. The van der Waals surface area contributed by atoms with E-state index in [0.717, 1.165) is 30.6 Å². The maximum Gasteiger partial charge on any atom is 0.142 e. The van der Waals surface area contributed by atoms with Gasteiger partial charge in [0, 0.05) is 31.3 Å². The van der Waals surface area contributed by atoms with E-state index in [4.69, 9.17) is 15.2 Å². The molecule has 5 heteroatoms. The van der Waals surface area contributed by atoms with Crippen LogP contribution in [0.1, 0.15) is 37.0 Å². The van der Waals surface area contributed by atoms with Crippen molar-refractivity contribution in [1.29, 1.82) is 0 Å². The summed E-state index contributed by atoms with van der Waals surface area (Å²) in [5.41, 5.74) is 8.88. The van der Waals surface area contributed by atoms with Crippen molar-refractivity contribution < 1.29 is 14.6 Å². The molecule has 0 heterocycles. The van der Waals surface area contributed by atoms with Crippen LogP contribution in [-0.2, 0) is 18.6 Å². The fourth-order valence-corrected chi connectivity index (χ4v) is 3.92. The van der Waals surface area contributed by atoms with Crippen LogP contribution < -0.4 is 20.1 Å². The molecule has 3 aromatic rings. The predicted molar refractivity (Wildman–Crippen MR) is 135 cm³/mol. The minimum atomic E-state index is -1.08. The first-order valence-corrected chi connectivity index (χ1v) is 11.5. The lowest BCUT2D eigenvalue weighted by Crippen LogP contribution is -2.31. The standard InChI is InChI=1S/C28H36N2O3/c1-28(2,31)24-19-27(32-3)25(20-26(24)33-21-23-13-8-5-9-14-23)30(18-16-29)17-10-15-22-11-6-4-7-12-22/h4-9,11-14,19-20,31H,10,15-18,21,29H2,1-3H3. The van der Waals surface area contributed by atoms with E-state index in [-0.39, 0.29) is 0 Å². The molecule has 3 N–H and O–H groups in total. The summed E-state index contributed by atoms with van der Waals surface area (Å²) >= 11 is 0. The molecule has 0 bridgehead atoms. The van der Waals surface area contributed by atoms with Gasteiger partial charge in [0.1, 0.15) is 18.1 Å². The van der Waals surface area contributed by atoms with Crippen LogP contribution in [0.25, 0.3) is 0 Å². The van der Waals surface area contributed by atoms with Crippen LogP contribution in [0.3, 0.4) is 0 Å². The summed E-state index contributed by atoms with van der Waals surface area (Å²) in [5, 5.41) is 10.8. The third kappa shape index (κ3) is 6.98. The Hall–Kier alpha value is -3.02. The fourth-order valence-electron chi connectivity index (χ4n) is 3.92. The zero-order valence-electron chi connectivity index (χ0n) is 20.0. The van der Waals surface area contributed by atoms with Crippen molar-refractivity contribution in [2.45, 2.75) is 38.9 Å². The van der Waals surface area contributed by atoms with E-state index in [1.54, 1.807) is 21.0 Å². The maximum absolute atomic E-state index is 10.8. The summed E-state index contributed by atoms with van der Waals surface area (Å²) in [6, 6.07) is 24.4. The molecule has 0 saturated heterocycles. The molecule has 3 aromatic carbocycles. The maximum atomic E-state index is 10.8. The third-order valence-electron chi connectivity index (χ3n) is 5.65. The lowest BCUT2D eigenvalue weighted by atomic mass is 9.96. The highest BCUT2D eigenvalue weighted by Crippen LogP contribution is 2.40. The lowest BCUT2D eigenvalue weighted by Gasteiger charge is -2.29. The molecule has 33 heavy (non-hydrogen) atoms. The Labute approximate surface area is 197 Å². The van der Waals surface area contributed by atoms with Gasteiger partial charge in [-0.1, -0.05) is 60.7 Å². The highest BCUT2D eigenvalue weighted by Gasteiger charge is 2.25. The van der Waals surface area contributed by atoms with Crippen molar-refractivity contribution in [1.82, 2.24) is 0 Å². The molecular weight excluding hydrogens is 412 g/mol. The van der Waals surface area contributed by atoms with Crippen molar-refractivity contribution in [3.8, 4) is 11.5 Å². The van der Waals surface area contributed by atoms with Crippen molar-refractivity contribution in [2.24, 2.45) is 5.73 Å². The Morgan fingerprint density at radius 3 is 2.09 bits per heavy atom. The molecule has 0 atom stereocenters. The molecule has 0 fully saturated rings. The number of hydrogen-bond donors (Lipinski definition) is 2. The van der Waals surface area contributed by atoms with Gasteiger partial charge < -0.3 is 25.2 Å². The molecule has 0 unspecified atom stereocenters. The molecule has 0 radical (unpaired) electrons. The summed E-state index contributed by atoms with van der Waals surface area (Å²) in [5.74, 6) is 1.35. The van der Waals surface area contributed by atoms with E-state index in [2.05, 4.69) is 29.2 Å². The van der Waals surface area contributed by atoms with Crippen molar-refractivity contribution >= 4 is 5.69 Å². The van der Waals surface area contributed by atoms with Gasteiger partial charge in [-0.25, -0.2) is 0 Å². The Morgan fingerprint density at radius 2 is 1.52 bits per heavy atom. The molecule has 0 aliphatic heterocycles. The highest BCUT2D eigenvalue weighted by atomic mass is 16.5. The summed E-state index contributed by atoms with van der Waals surface area (Å²) < 4.78 is 12.0. The van der Waals surface area contributed by atoms with Gasteiger partial charge in [0.25, 0.3) is 0 Å². The number of methoxy groups -OCH3 is 1. The topological polar surface area (TPSA) is 68.0 Å². The molecule has 0 aliphatic rings. The van der Waals surface area contributed by atoms with Gasteiger partial charge in [0.2, 0.25) is 0 Å². The van der Waals surface area contributed by atoms with Gasteiger partial charge in [-0.3, -0.25) is 0 Å². The van der Waals surface area contributed by atoms with E-state index in [9.17, 15) is 5.11 Å². The number of nitrogens with two attached hydrogens (primary N) is 1. The minimum Gasteiger partial charge on any atom is -0.495 e. The number of rotatable bonds is 12. The molecule has 0 saturated carbocycles. The van der Waals surface area contributed by atoms with Gasteiger partial charge in [0.15, 0.2) is 0 Å². The monoisotopic (exact) mass is 448 g/mol. The van der Waals surface area contributed by atoms with Gasteiger partial charge >= 0.3 is 0 Å². The van der Waals surface area contributed by atoms with Crippen LogP contribution in [0.2, 0.25) is 0 Å². The highest BCUT2D eigenvalue weighted by molar-refractivity contribution is 5.65. The van der Waals surface area contributed by atoms with E-state index in [1.165, 1.54) is 5.56 Å². The van der Waals surface area contributed by atoms with Crippen molar-refractivity contribution in [3.05, 3.63) is 89.5 Å². The number of aryl methyl sites for hydroxylation is 1. The summed E-state index contributed by atoms with van der Waals surface area (Å²) in [4.78, 5) is 2.24. The average molecular weight is 449 g/mol. The van der Waals surface area contributed by atoms with E-state index < -0.39 is 5.60 Å². The molecule has 0 amide bonds. The van der Waals surface area contributed by atoms with Crippen LogP contribution in [-0.4, -0.2) is 31.9 Å². The smallest absolute Gasteiger partial charge is 0.142 e. The van der Waals surface area contributed by atoms with Gasteiger partial charge in [-0.05, 0) is 43.9 Å². The third-order valence-corrected chi connectivity index (χ3v) is 5.65. The second-order valence-corrected chi connectivity index (χ2v) is 8.72. The Balaban J connectivity index is 1.87. The van der Waals surface area contributed by atoms with Crippen LogP contribution >= 0.6 is 0 Å². The number of ether oxygens (including phenoxy) is 2. The summed E-state index contributed by atoms with van der Waals surface area (Å²) in [6.07, 6.45) is 1.98. The molecule has 0 spiro atoms. The molecule has 176 valence electrons. The first-order chi connectivity index (χ1) is 15.9. The van der Waals surface area contributed by atoms with Gasteiger partial charge in [-0.2, -0.15) is 0 Å². The SMILES string of the molecule is COc1cc(C(C)(C)O)c(OCc2ccccc2)cc1N(CCN)CCCc1ccccc1. The second kappa shape index (κ2) is 11.7. The molecular formula is C28H36N2O3. The molecule has 0 aromatic heterocycles. The van der Waals surface area contributed by atoms with Crippen LogP contribution in [0.15, 0.2) is 72.8 Å². The Morgan fingerprint density at radius 1 is 0.879 bits per heavy atom. The average Bonchev–Trinajstić information content (AvgIpc) is 2.82. The molecule has 5 nitrogen and oxygen atoms in total. The van der Waals surface area contributed by atoms with Crippen molar-refractivity contribution in [3.63, 3.8) is 0 Å². The Kier molecular flexibility index (Phi) is 8.75. The van der Waals surface area contributed by atoms with Gasteiger partial charge in [0.05, 0.1) is 18.4 Å². The first-order valence-electron chi connectivity index (χ1n) is 11.5. The second-order valence-electron chi connectivity index (χ2n) is 8.72. The number of hydrogen-bond acceptors (Lipinski definition) is 5.